The molecule has 0 fully saturated rings. The SMILES string of the molecule is CC(C)(C)c1ccc(C(=O)c2c(F)cccc2Br)cc1. The van der Waals surface area contributed by atoms with Crippen molar-refractivity contribution in [2.75, 3.05) is 0 Å². The number of carbonyl (C=O) groups is 1. The highest BCUT2D eigenvalue weighted by molar-refractivity contribution is 9.10. The summed E-state index contributed by atoms with van der Waals surface area (Å²) in [6.07, 6.45) is 0. The molecular weight excluding hydrogens is 319 g/mol. The first-order valence-electron chi connectivity index (χ1n) is 6.40. The van der Waals surface area contributed by atoms with Crippen molar-refractivity contribution in [3.63, 3.8) is 0 Å². The van der Waals surface area contributed by atoms with Gasteiger partial charge in [-0.1, -0.05) is 51.1 Å². The van der Waals surface area contributed by atoms with E-state index >= 15 is 0 Å². The van der Waals surface area contributed by atoms with Crippen molar-refractivity contribution >= 4 is 21.7 Å². The van der Waals surface area contributed by atoms with Crippen LogP contribution in [0, 0.1) is 5.82 Å². The van der Waals surface area contributed by atoms with Crippen molar-refractivity contribution in [1.82, 2.24) is 0 Å². The van der Waals surface area contributed by atoms with E-state index in [1.165, 1.54) is 6.07 Å². The van der Waals surface area contributed by atoms with E-state index in [2.05, 4.69) is 36.7 Å². The van der Waals surface area contributed by atoms with E-state index in [9.17, 15) is 9.18 Å². The Balaban J connectivity index is 2.40. The van der Waals surface area contributed by atoms with E-state index in [0.29, 0.717) is 10.0 Å². The Kier molecular flexibility index (Phi) is 4.09. The van der Waals surface area contributed by atoms with Crippen molar-refractivity contribution < 1.29 is 9.18 Å². The lowest BCUT2D eigenvalue weighted by Crippen LogP contribution is -2.12. The molecule has 0 heterocycles. The van der Waals surface area contributed by atoms with Gasteiger partial charge in [-0.2, -0.15) is 0 Å². The molecule has 0 saturated heterocycles. The van der Waals surface area contributed by atoms with Crippen LogP contribution in [0.4, 0.5) is 4.39 Å². The topological polar surface area (TPSA) is 17.1 Å². The molecule has 104 valence electrons. The quantitative estimate of drug-likeness (QED) is 0.697. The van der Waals surface area contributed by atoms with Crippen molar-refractivity contribution in [2.45, 2.75) is 26.2 Å². The monoisotopic (exact) mass is 334 g/mol. The molecule has 0 N–H and O–H groups in total. The number of hydrogen-bond acceptors (Lipinski definition) is 1. The molecular formula is C17H16BrFO. The van der Waals surface area contributed by atoms with Gasteiger partial charge in [-0.3, -0.25) is 4.79 Å². The van der Waals surface area contributed by atoms with Gasteiger partial charge in [-0.15, -0.1) is 0 Å². The van der Waals surface area contributed by atoms with Crippen LogP contribution in [0.25, 0.3) is 0 Å². The zero-order valence-corrected chi connectivity index (χ0v) is 13.3. The summed E-state index contributed by atoms with van der Waals surface area (Å²) in [4.78, 5) is 12.4. The lowest BCUT2D eigenvalue weighted by Gasteiger charge is -2.19. The smallest absolute Gasteiger partial charge is 0.197 e. The highest BCUT2D eigenvalue weighted by Gasteiger charge is 2.18. The minimum absolute atomic E-state index is 0.0279. The molecule has 0 bridgehead atoms. The highest BCUT2D eigenvalue weighted by atomic mass is 79.9. The summed E-state index contributed by atoms with van der Waals surface area (Å²) in [6, 6.07) is 11.9. The van der Waals surface area contributed by atoms with Gasteiger partial charge in [0.15, 0.2) is 5.78 Å². The molecule has 2 aromatic rings. The maximum Gasteiger partial charge on any atom is 0.197 e. The summed E-state index contributed by atoms with van der Waals surface area (Å²) in [5, 5.41) is 0. The normalized spacial score (nSPS) is 11.4. The zero-order chi connectivity index (χ0) is 14.9. The lowest BCUT2D eigenvalue weighted by molar-refractivity contribution is 0.103. The molecule has 0 unspecified atom stereocenters. The molecule has 3 heteroatoms. The summed E-state index contributed by atoms with van der Waals surface area (Å²) in [5.74, 6) is -0.820. The third-order valence-electron chi connectivity index (χ3n) is 3.20. The summed E-state index contributed by atoms with van der Waals surface area (Å²) in [7, 11) is 0. The third kappa shape index (κ3) is 2.98. The van der Waals surface area contributed by atoms with Gasteiger partial charge in [0, 0.05) is 10.0 Å². The van der Waals surface area contributed by atoms with Crippen molar-refractivity contribution in [3.8, 4) is 0 Å². The van der Waals surface area contributed by atoms with Gasteiger partial charge >= 0.3 is 0 Å². The predicted molar refractivity (Wildman–Crippen MR) is 82.7 cm³/mol. The van der Waals surface area contributed by atoms with E-state index in [4.69, 9.17) is 0 Å². The fourth-order valence-electron chi connectivity index (χ4n) is 1.98. The van der Waals surface area contributed by atoms with Crippen molar-refractivity contribution in [1.29, 1.82) is 0 Å². The lowest BCUT2D eigenvalue weighted by atomic mass is 9.86. The Labute approximate surface area is 127 Å². The Morgan fingerprint density at radius 2 is 1.65 bits per heavy atom. The van der Waals surface area contributed by atoms with Crippen LogP contribution in [-0.2, 0) is 5.41 Å². The standard InChI is InChI=1S/C17H16BrFO/c1-17(2,3)12-9-7-11(8-10-12)16(20)15-13(18)5-4-6-14(15)19/h4-10H,1-3H3. The van der Waals surface area contributed by atoms with E-state index in [1.807, 2.05) is 12.1 Å². The molecule has 0 saturated carbocycles. The summed E-state index contributed by atoms with van der Waals surface area (Å²) < 4.78 is 14.3. The van der Waals surface area contributed by atoms with Crippen LogP contribution in [0.3, 0.4) is 0 Å². The van der Waals surface area contributed by atoms with Gasteiger partial charge in [0.25, 0.3) is 0 Å². The van der Waals surface area contributed by atoms with Gasteiger partial charge < -0.3 is 0 Å². The van der Waals surface area contributed by atoms with Gasteiger partial charge in [0.2, 0.25) is 0 Å². The largest absolute Gasteiger partial charge is 0.288 e. The Morgan fingerprint density at radius 1 is 1.05 bits per heavy atom. The van der Waals surface area contributed by atoms with Gasteiger partial charge in [-0.05, 0) is 39.0 Å². The maximum absolute atomic E-state index is 13.8. The highest BCUT2D eigenvalue weighted by Crippen LogP contribution is 2.25. The molecule has 0 amide bonds. The molecule has 0 aliphatic carbocycles. The number of carbonyl (C=O) groups excluding carboxylic acids is 1. The zero-order valence-electron chi connectivity index (χ0n) is 11.7. The number of rotatable bonds is 2. The van der Waals surface area contributed by atoms with E-state index < -0.39 is 5.82 Å². The fourth-order valence-corrected chi connectivity index (χ4v) is 2.50. The third-order valence-corrected chi connectivity index (χ3v) is 3.86. The number of hydrogen-bond donors (Lipinski definition) is 0. The van der Waals surface area contributed by atoms with Gasteiger partial charge in [-0.25, -0.2) is 4.39 Å². The van der Waals surface area contributed by atoms with Crippen LogP contribution in [0.5, 0.6) is 0 Å². The first kappa shape index (κ1) is 14.9. The second kappa shape index (κ2) is 5.49. The van der Waals surface area contributed by atoms with Crippen LogP contribution in [0.15, 0.2) is 46.9 Å². The van der Waals surface area contributed by atoms with Crippen LogP contribution >= 0.6 is 15.9 Å². The average Bonchev–Trinajstić information content (AvgIpc) is 2.37. The maximum atomic E-state index is 13.8. The fraction of sp³-hybridized carbons (Fsp3) is 0.235. The molecule has 0 aliphatic rings. The Morgan fingerprint density at radius 3 is 2.15 bits per heavy atom. The summed E-state index contributed by atoms with van der Waals surface area (Å²) in [6.45, 7) is 6.33. The number of ketones is 1. The molecule has 0 aromatic heterocycles. The molecule has 20 heavy (non-hydrogen) atoms. The van der Waals surface area contributed by atoms with E-state index in [0.717, 1.165) is 5.56 Å². The van der Waals surface area contributed by atoms with Crippen LogP contribution in [0.2, 0.25) is 0 Å². The van der Waals surface area contributed by atoms with Crippen LogP contribution < -0.4 is 0 Å². The molecule has 0 spiro atoms. The minimum atomic E-state index is -0.510. The predicted octanol–water partition coefficient (Wildman–Crippen LogP) is 5.12. The van der Waals surface area contributed by atoms with E-state index in [-0.39, 0.29) is 16.8 Å². The number of benzene rings is 2. The minimum Gasteiger partial charge on any atom is -0.288 e. The van der Waals surface area contributed by atoms with Crippen molar-refractivity contribution in [2.24, 2.45) is 0 Å². The Bertz CT molecular complexity index is 619. The number of halogens is 2. The second-order valence-electron chi connectivity index (χ2n) is 5.75. The van der Waals surface area contributed by atoms with Gasteiger partial charge in [0.1, 0.15) is 5.82 Å². The first-order chi connectivity index (χ1) is 9.30. The molecule has 0 aliphatic heterocycles. The average molecular weight is 335 g/mol. The molecule has 0 radical (unpaired) electrons. The van der Waals surface area contributed by atoms with Gasteiger partial charge in [0.05, 0.1) is 5.56 Å². The first-order valence-corrected chi connectivity index (χ1v) is 7.19. The molecule has 1 nitrogen and oxygen atoms in total. The molecule has 2 aromatic carbocycles. The van der Waals surface area contributed by atoms with E-state index in [1.54, 1.807) is 24.3 Å². The van der Waals surface area contributed by atoms with Crippen molar-refractivity contribution in [3.05, 3.63) is 69.4 Å². The Hall–Kier alpha value is -1.48. The summed E-state index contributed by atoms with van der Waals surface area (Å²) in [5.41, 5.74) is 1.74. The molecule has 0 atom stereocenters. The molecule has 2 rings (SSSR count). The van der Waals surface area contributed by atoms with Crippen LogP contribution in [-0.4, -0.2) is 5.78 Å². The van der Waals surface area contributed by atoms with Crippen LogP contribution in [0.1, 0.15) is 42.3 Å². The second-order valence-corrected chi connectivity index (χ2v) is 6.61. The summed E-state index contributed by atoms with van der Waals surface area (Å²) >= 11 is 3.23.